The molecular weight excluding hydrogens is 216 g/mol. The molecule has 2 fully saturated rings. The zero-order valence-corrected chi connectivity index (χ0v) is 11.2. The molecule has 1 saturated carbocycles. The van der Waals surface area contributed by atoms with E-state index in [4.69, 9.17) is 4.74 Å². The summed E-state index contributed by atoms with van der Waals surface area (Å²) in [5, 5.41) is 3.05. The summed E-state index contributed by atoms with van der Waals surface area (Å²) in [6, 6.07) is 0. The molecule has 2 aliphatic rings. The predicted molar refractivity (Wildman–Crippen MR) is 67.0 cm³/mol. The van der Waals surface area contributed by atoms with E-state index in [-0.39, 0.29) is 11.6 Å². The number of alkyl carbamates (subject to hydrolysis) is 1. The van der Waals surface area contributed by atoms with Crippen molar-refractivity contribution in [3.8, 4) is 0 Å². The highest BCUT2D eigenvalue weighted by Crippen LogP contribution is 2.37. The lowest BCUT2D eigenvalue weighted by Gasteiger charge is -2.26. The largest absolute Gasteiger partial charge is 0.444 e. The van der Waals surface area contributed by atoms with Gasteiger partial charge in [0.2, 0.25) is 0 Å². The van der Waals surface area contributed by atoms with Crippen LogP contribution in [0.25, 0.3) is 0 Å². The first-order chi connectivity index (χ1) is 7.89. The molecule has 0 unspecified atom stereocenters. The molecule has 1 aliphatic heterocycles. The molecule has 0 spiro atoms. The van der Waals surface area contributed by atoms with Crippen molar-refractivity contribution in [2.24, 2.45) is 0 Å². The van der Waals surface area contributed by atoms with Gasteiger partial charge in [0.15, 0.2) is 0 Å². The van der Waals surface area contributed by atoms with Gasteiger partial charge in [0, 0.05) is 6.54 Å². The summed E-state index contributed by atoms with van der Waals surface area (Å²) in [6.45, 7) is 9.04. The van der Waals surface area contributed by atoms with Gasteiger partial charge in [-0.1, -0.05) is 0 Å². The van der Waals surface area contributed by atoms with E-state index in [1.165, 1.54) is 25.9 Å². The number of hydrogen-bond acceptors (Lipinski definition) is 3. The monoisotopic (exact) mass is 240 g/mol. The highest BCUT2D eigenvalue weighted by Gasteiger charge is 2.46. The minimum atomic E-state index is -0.409. The number of ether oxygens (including phenoxy) is 1. The minimum absolute atomic E-state index is 0.00662. The van der Waals surface area contributed by atoms with Crippen LogP contribution >= 0.6 is 0 Å². The van der Waals surface area contributed by atoms with E-state index in [1.54, 1.807) is 0 Å². The summed E-state index contributed by atoms with van der Waals surface area (Å²) in [5.74, 6) is 0. The molecule has 98 valence electrons. The van der Waals surface area contributed by atoms with Crippen molar-refractivity contribution in [2.45, 2.75) is 57.6 Å². The Morgan fingerprint density at radius 2 is 1.88 bits per heavy atom. The van der Waals surface area contributed by atoms with Crippen LogP contribution in [0.15, 0.2) is 0 Å². The van der Waals surface area contributed by atoms with E-state index in [0.717, 1.165) is 19.4 Å². The summed E-state index contributed by atoms with van der Waals surface area (Å²) >= 11 is 0. The lowest BCUT2D eigenvalue weighted by Crippen LogP contribution is -2.46. The van der Waals surface area contributed by atoms with Gasteiger partial charge in [-0.25, -0.2) is 4.79 Å². The quantitative estimate of drug-likeness (QED) is 0.821. The van der Waals surface area contributed by atoms with E-state index in [2.05, 4.69) is 10.2 Å². The van der Waals surface area contributed by atoms with Crippen molar-refractivity contribution < 1.29 is 9.53 Å². The zero-order chi connectivity index (χ0) is 12.5. The number of nitrogens with zero attached hydrogens (tertiary/aromatic N) is 1. The third kappa shape index (κ3) is 3.87. The Balaban J connectivity index is 1.79. The number of nitrogens with one attached hydrogen (secondary N) is 1. The Hall–Kier alpha value is -0.770. The second-order valence-electron chi connectivity index (χ2n) is 6.39. The smallest absolute Gasteiger partial charge is 0.408 e. The lowest BCUT2D eigenvalue weighted by atomic mass is 10.2. The van der Waals surface area contributed by atoms with Crippen LogP contribution in [0.5, 0.6) is 0 Å². The zero-order valence-electron chi connectivity index (χ0n) is 11.2. The second kappa shape index (κ2) is 4.48. The SMILES string of the molecule is CC(C)(C)OC(=O)NC1(CN2CCCC2)CC1. The highest BCUT2D eigenvalue weighted by molar-refractivity contribution is 5.69. The molecule has 0 bridgehead atoms. The molecular formula is C13H24N2O2. The Morgan fingerprint density at radius 1 is 1.29 bits per heavy atom. The van der Waals surface area contributed by atoms with E-state index >= 15 is 0 Å². The van der Waals surface area contributed by atoms with Gasteiger partial charge in [-0.15, -0.1) is 0 Å². The number of hydrogen-bond donors (Lipinski definition) is 1. The molecule has 4 nitrogen and oxygen atoms in total. The molecule has 0 aromatic rings. The Bertz CT molecular complexity index is 286. The topological polar surface area (TPSA) is 41.6 Å². The normalized spacial score (nSPS) is 23.5. The van der Waals surface area contributed by atoms with Crippen LogP contribution in [-0.4, -0.2) is 41.8 Å². The van der Waals surface area contributed by atoms with Crippen molar-refractivity contribution >= 4 is 6.09 Å². The van der Waals surface area contributed by atoms with Crippen LogP contribution in [-0.2, 0) is 4.74 Å². The number of amides is 1. The molecule has 1 heterocycles. The first kappa shape index (κ1) is 12.7. The molecule has 17 heavy (non-hydrogen) atoms. The Kier molecular flexibility index (Phi) is 3.34. The molecule has 1 amide bonds. The molecule has 1 saturated heterocycles. The molecule has 4 heteroatoms. The van der Waals surface area contributed by atoms with Gasteiger partial charge in [-0.2, -0.15) is 0 Å². The number of rotatable bonds is 3. The Morgan fingerprint density at radius 3 is 2.35 bits per heavy atom. The molecule has 0 aromatic heterocycles. The van der Waals surface area contributed by atoms with E-state index in [9.17, 15) is 4.79 Å². The summed E-state index contributed by atoms with van der Waals surface area (Å²) in [7, 11) is 0. The van der Waals surface area contributed by atoms with Gasteiger partial charge in [0.1, 0.15) is 5.60 Å². The van der Waals surface area contributed by atoms with Crippen LogP contribution in [0.4, 0.5) is 4.79 Å². The molecule has 0 radical (unpaired) electrons. The second-order valence-corrected chi connectivity index (χ2v) is 6.39. The predicted octanol–water partition coefficient (Wildman–Crippen LogP) is 2.14. The summed E-state index contributed by atoms with van der Waals surface area (Å²) in [6.07, 6.45) is 4.49. The van der Waals surface area contributed by atoms with Gasteiger partial charge in [-0.3, -0.25) is 0 Å². The fourth-order valence-corrected chi connectivity index (χ4v) is 2.36. The van der Waals surface area contributed by atoms with Crippen LogP contribution in [0, 0.1) is 0 Å². The fourth-order valence-electron chi connectivity index (χ4n) is 2.36. The number of carbonyl (C=O) groups excluding carboxylic acids is 1. The maximum absolute atomic E-state index is 11.7. The summed E-state index contributed by atoms with van der Waals surface area (Å²) in [4.78, 5) is 14.2. The first-order valence-corrected chi connectivity index (χ1v) is 6.62. The van der Waals surface area contributed by atoms with Crippen LogP contribution in [0.3, 0.4) is 0 Å². The lowest BCUT2D eigenvalue weighted by molar-refractivity contribution is 0.0484. The molecule has 2 rings (SSSR count). The van der Waals surface area contributed by atoms with Crippen LogP contribution in [0.2, 0.25) is 0 Å². The van der Waals surface area contributed by atoms with Crippen LogP contribution < -0.4 is 5.32 Å². The van der Waals surface area contributed by atoms with E-state index in [0.29, 0.717) is 0 Å². The fraction of sp³-hybridized carbons (Fsp3) is 0.923. The van der Waals surface area contributed by atoms with Crippen molar-refractivity contribution in [3.05, 3.63) is 0 Å². The van der Waals surface area contributed by atoms with E-state index < -0.39 is 5.60 Å². The summed E-state index contributed by atoms with van der Waals surface area (Å²) < 4.78 is 5.31. The van der Waals surface area contributed by atoms with Gasteiger partial charge in [0.05, 0.1) is 5.54 Å². The highest BCUT2D eigenvalue weighted by atomic mass is 16.6. The standard InChI is InChI=1S/C13H24N2O2/c1-12(2,3)17-11(16)14-13(6-7-13)10-15-8-4-5-9-15/h4-10H2,1-3H3,(H,14,16). The summed E-state index contributed by atoms with van der Waals surface area (Å²) in [5.41, 5.74) is -0.402. The first-order valence-electron chi connectivity index (χ1n) is 6.62. The van der Waals surface area contributed by atoms with Gasteiger partial charge in [-0.05, 0) is 59.5 Å². The van der Waals surface area contributed by atoms with Crippen molar-refractivity contribution in [3.63, 3.8) is 0 Å². The third-order valence-corrected chi connectivity index (χ3v) is 3.34. The van der Waals surface area contributed by atoms with Crippen molar-refractivity contribution in [2.75, 3.05) is 19.6 Å². The molecule has 0 atom stereocenters. The number of likely N-dealkylation sites (tertiary alicyclic amines) is 1. The molecule has 0 aromatic carbocycles. The maximum Gasteiger partial charge on any atom is 0.408 e. The van der Waals surface area contributed by atoms with Gasteiger partial charge >= 0.3 is 6.09 Å². The van der Waals surface area contributed by atoms with Crippen molar-refractivity contribution in [1.29, 1.82) is 0 Å². The minimum Gasteiger partial charge on any atom is -0.444 e. The Labute approximate surface area is 104 Å². The average Bonchev–Trinajstić information content (AvgIpc) is 2.72. The van der Waals surface area contributed by atoms with E-state index in [1.807, 2.05) is 20.8 Å². The molecule has 1 aliphatic carbocycles. The van der Waals surface area contributed by atoms with Crippen molar-refractivity contribution in [1.82, 2.24) is 10.2 Å². The average molecular weight is 240 g/mol. The third-order valence-electron chi connectivity index (χ3n) is 3.34. The van der Waals surface area contributed by atoms with Crippen LogP contribution in [0.1, 0.15) is 46.5 Å². The van der Waals surface area contributed by atoms with Gasteiger partial charge in [0.25, 0.3) is 0 Å². The van der Waals surface area contributed by atoms with Gasteiger partial charge < -0.3 is 15.0 Å². The molecule has 1 N–H and O–H groups in total. The number of carbonyl (C=O) groups is 1. The maximum atomic E-state index is 11.7.